The molecule has 3 nitrogen and oxygen atoms in total. The van der Waals surface area contributed by atoms with E-state index < -0.39 is 0 Å². The molecule has 0 spiro atoms. The number of hydrogen-bond acceptors (Lipinski definition) is 3. The van der Waals surface area contributed by atoms with Crippen molar-refractivity contribution >= 4 is 17.4 Å². The van der Waals surface area contributed by atoms with Gasteiger partial charge in [0.25, 0.3) is 0 Å². The van der Waals surface area contributed by atoms with Gasteiger partial charge in [-0.15, -0.1) is 0 Å². The van der Waals surface area contributed by atoms with Crippen LogP contribution in [0.15, 0.2) is 36.4 Å². The molecule has 0 aliphatic carbocycles. The average Bonchev–Trinajstić information content (AvgIpc) is 2.49. The fourth-order valence-corrected chi connectivity index (χ4v) is 2.49. The molecule has 0 amide bonds. The number of anilines is 1. The molecule has 0 saturated carbocycles. The number of halogens is 1. The minimum absolute atomic E-state index is 0.534. The molecule has 0 unspecified atom stereocenters. The second-order valence-corrected chi connectivity index (χ2v) is 5.63. The number of aromatic nitrogens is 1. The lowest BCUT2D eigenvalue weighted by Gasteiger charge is -2.20. The molecule has 4 heteroatoms. The van der Waals surface area contributed by atoms with Crippen molar-refractivity contribution in [1.82, 2.24) is 4.98 Å². The van der Waals surface area contributed by atoms with Crippen LogP contribution in [0.3, 0.4) is 0 Å². The standard InChI is InChI=1S/C17H22ClN3/c1-3-6-15-9-13(11-19)10-17(20-15)21(2)12-14-7-4-5-8-16(14)18/h4-5,7-10H,3,6,11-12,19H2,1-2H3. The molecule has 0 radical (unpaired) electrons. The van der Waals surface area contributed by atoms with Gasteiger partial charge in [0.05, 0.1) is 0 Å². The van der Waals surface area contributed by atoms with Crippen molar-refractivity contribution in [3.05, 3.63) is 58.2 Å². The molecule has 112 valence electrons. The minimum atomic E-state index is 0.534. The summed E-state index contributed by atoms with van der Waals surface area (Å²) in [4.78, 5) is 6.83. The van der Waals surface area contributed by atoms with Crippen molar-refractivity contribution in [2.24, 2.45) is 5.73 Å². The maximum Gasteiger partial charge on any atom is 0.129 e. The van der Waals surface area contributed by atoms with Crippen molar-refractivity contribution in [3.63, 3.8) is 0 Å². The molecule has 0 aliphatic heterocycles. The third-order valence-electron chi connectivity index (χ3n) is 3.42. The predicted molar refractivity (Wildman–Crippen MR) is 89.7 cm³/mol. The Morgan fingerprint density at radius 1 is 1.24 bits per heavy atom. The summed E-state index contributed by atoms with van der Waals surface area (Å²) in [6, 6.07) is 12.0. The third kappa shape index (κ3) is 4.19. The van der Waals surface area contributed by atoms with Gasteiger partial charge in [-0.3, -0.25) is 0 Å². The van der Waals surface area contributed by atoms with Crippen LogP contribution in [0, 0.1) is 0 Å². The highest BCUT2D eigenvalue weighted by Crippen LogP contribution is 2.21. The van der Waals surface area contributed by atoms with Gasteiger partial charge in [-0.05, 0) is 35.7 Å². The van der Waals surface area contributed by atoms with E-state index >= 15 is 0 Å². The van der Waals surface area contributed by atoms with Crippen LogP contribution in [-0.2, 0) is 19.5 Å². The van der Waals surface area contributed by atoms with E-state index in [0.717, 1.165) is 47.0 Å². The molecule has 0 bridgehead atoms. The van der Waals surface area contributed by atoms with E-state index in [0.29, 0.717) is 6.54 Å². The first-order chi connectivity index (χ1) is 10.1. The van der Waals surface area contributed by atoms with E-state index in [1.807, 2.05) is 31.3 Å². The summed E-state index contributed by atoms with van der Waals surface area (Å²) in [5, 5.41) is 0.785. The Kier molecular flexibility index (Phi) is 5.59. The van der Waals surface area contributed by atoms with Crippen LogP contribution in [0.2, 0.25) is 5.02 Å². The quantitative estimate of drug-likeness (QED) is 0.883. The summed E-state index contributed by atoms with van der Waals surface area (Å²) in [5.74, 6) is 0.946. The first-order valence-corrected chi connectivity index (χ1v) is 7.66. The number of pyridine rings is 1. The third-order valence-corrected chi connectivity index (χ3v) is 3.79. The summed E-state index contributed by atoms with van der Waals surface area (Å²) in [5.41, 5.74) is 9.11. The molecule has 0 aliphatic rings. The molecule has 0 saturated heterocycles. The Morgan fingerprint density at radius 2 is 2.00 bits per heavy atom. The van der Waals surface area contributed by atoms with E-state index in [4.69, 9.17) is 22.3 Å². The topological polar surface area (TPSA) is 42.1 Å². The van der Waals surface area contributed by atoms with Crippen molar-refractivity contribution in [2.45, 2.75) is 32.9 Å². The van der Waals surface area contributed by atoms with E-state index in [1.165, 1.54) is 0 Å². The molecule has 0 fully saturated rings. The van der Waals surface area contributed by atoms with E-state index in [1.54, 1.807) is 0 Å². The summed E-state index contributed by atoms with van der Waals surface area (Å²) < 4.78 is 0. The SMILES string of the molecule is CCCc1cc(CN)cc(N(C)Cc2ccccc2Cl)n1. The number of nitrogens with zero attached hydrogens (tertiary/aromatic N) is 2. The number of rotatable bonds is 6. The zero-order valence-corrected chi connectivity index (χ0v) is 13.4. The molecular weight excluding hydrogens is 282 g/mol. The zero-order valence-electron chi connectivity index (χ0n) is 12.6. The van der Waals surface area contributed by atoms with Gasteiger partial charge >= 0.3 is 0 Å². The normalized spacial score (nSPS) is 10.7. The van der Waals surface area contributed by atoms with E-state index in [2.05, 4.69) is 24.0 Å². The largest absolute Gasteiger partial charge is 0.355 e. The summed E-state index contributed by atoms with van der Waals surface area (Å²) in [6.07, 6.45) is 2.05. The molecule has 1 aromatic heterocycles. The second-order valence-electron chi connectivity index (χ2n) is 5.23. The molecule has 1 heterocycles. The van der Waals surface area contributed by atoms with Crippen molar-refractivity contribution in [2.75, 3.05) is 11.9 Å². The monoisotopic (exact) mass is 303 g/mol. The molecule has 2 rings (SSSR count). The Morgan fingerprint density at radius 3 is 2.67 bits per heavy atom. The van der Waals surface area contributed by atoms with Gasteiger partial charge in [0.1, 0.15) is 5.82 Å². The highest BCUT2D eigenvalue weighted by molar-refractivity contribution is 6.31. The van der Waals surface area contributed by atoms with Crippen LogP contribution in [0.5, 0.6) is 0 Å². The second kappa shape index (κ2) is 7.43. The van der Waals surface area contributed by atoms with Gasteiger partial charge in [0.15, 0.2) is 0 Å². The van der Waals surface area contributed by atoms with Crippen molar-refractivity contribution in [1.29, 1.82) is 0 Å². The first-order valence-electron chi connectivity index (χ1n) is 7.28. The Labute approximate surface area is 131 Å². The molecule has 2 aromatic rings. The summed E-state index contributed by atoms with van der Waals surface area (Å²) >= 11 is 6.23. The van der Waals surface area contributed by atoms with Gasteiger partial charge < -0.3 is 10.6 Å². The van der Waals surface area contributed by atoms with Gasteiger partial charge in [-0.2, -0.15) is 0 Å². The lowest BCUT2D eigenvalue weighted by molar-refractivity contribution is 0.842. The summed E-state index contributed by atoms with van der Waals surface area (Å²) in [6.45, 7) is 3.42. The lowest BCUT2D eigenvalue weighted by Crippen LogP contribution is -2.19. The first kappa shape index (κ1) is 15.8. The molecular formula is C17H22ClN3. The Bertz CT molecular complexity index is 598. The van der Waals surface area contributed by atoms with Gasteiger partial charge in [0.2, 0.25) is 0 Å². The highest BCUT2D eigenvalue weighted by Gasteiger charge is 2.09. The average molecular weight is 304 g/mol. The lowest BCUT2D eigenvalue weighted by atomic mass is 10.1. The van der Waals surface area contributed by atoms with E-state index in [-0.39, 0.29) is 0 Å². The number of aryl methyl sites for hydroxylation is 1. The van der Waals surface area contributed by atoms with Crippen molar-refractivity contribution < 1.29 is 0 Å². The molecule has 0 atom stereocenters. The molecule has 2 N–H and O–H groups in total. The number of benzene rings is 1. The van der Waals surface area contributed by atoms with Crippen molar-refractivity contribution in [3.8, 4) is 0 Å². The number of hydrogen-bond donors (Lipinski definition) is 1. The van der Waals surface area contributed by atoms with Crippen LogP contribution in [0.1, 0.15) is 30.2 Å². The fourth-order valence-electron chi connectivity index (χ4n) is 2.29. The Balaban J connectivity index is 2.23. The number of nitrogens with two attached hydrogens (primary N) is 1. The van der Waals surface area contributed by atoms with Gasteiger partial charge in [-0.25, -0.2) is 4.98 Å². The highest BCUT2D eigenvalue weighted by atomic mass is 35.5. The molecule has 21 heavy (non-hydrogen) atoms. The van der Waals surface area contributed by atoms with Crippen LogP contribution >= 0.6 is 11.6 Å². The van der Waals surface area contributed by atoms with Crippen LogP contribution in [0.25, 0.3) is 0 Å². The smallest absolute Gasteiger partial charge is 0.129 e. The van der Waals surface area contributed by atoms with Crippen LogP contribution in [0.4, 0.5) is 5.82 Å². The van der Waals surface area contributed by atoms with Crippen LogP contribution in [-0.4, -0.2) is 12.0 Å². The Hall–Kier alpha value is -1.58. The van der Waals surface area contributed by atoms with Gasteiger partial charge in [-0.1, -0.05) is 43.1 Å². The maximum absolute atomic E-state index is 6.23. The summed E-state index contributed by atoms with van der Waals surface area (Å²) in [7, 11) is 2.03. The molecule has 1 aromatic carbocycles. The maximum atomic E-state index is 6.23. The van der Waals surface area contributed by atoms with Crippen LogP contribution < -0.4 is 10.6 Å². The fraction of sp³-hybridized carbons (Fsp3) is 0.353. The van der Waals surface area contributed by atoms with Gasteiger partial charge in [0, 0.05) is 30.9 Å². The minimum Gasteiger partial charge on any atom is -0.355 e. The van der Waals surface area contributed by atoms with E-state index in [9.17, 15) is 0 Å². The zero-order chi connectivity index (χ0) is 15.2. The predicted octanol–water partition coefficient (Wildman–Crippen LogP) is 3.78.